The molecule has 0 saturated carbocycles. The molecule has 2 aromatic rings. The van der Waals surface area contributed by atoms with E-state index in [4.69, 9.17) is 4.74 Å². The molecule has 23 heavy (non-hydrogen) atoms. The van der Waals surface area contributed by atoms with Crippen molar-refractivity contribution in [3.8, 4) is 5.75 Å². The number of hydrogen-bond donors (Lipinski definition) is 1. The maximum atomic E-state index is 12.8. The van der Waals surface area contributed by atoms with Gasteiger partial charge in [-0.15, -0.1) is 0 Å². The van der Waals surface area contributed by atoms with Crippen molar-refractivity contribution in [2.45, 2.75) is 0 Å². The average Bonchev–Trinajstić information content (AvgIpc) is 2.51. The molecule has 0 bridgehead atoms. The van der Waals surface area contributed by atoms with E-state index in [-0.39, 0.29) is 18.3 Å². The molecule has 2 aromatic carbocycles. The van der Waals surface area contributed by atoms with Crippen LogP contribution in [0.3, 0.4) is 0 Å². The molecule has 0 saturated heterocycles. The first-order chi connectivity index (χ1) is 11.0. The number of nitrogens with one attached hydrogen (secondary N) is 1. The second-order valence-electron chi connectivity index (χ2n) is 5.07. The summed E-state index contributed by atoms with van der Waals surface area (Å²) in [6, 6.07) is 13.5. The van der Waals surface area contributed by atoms with E-state index in [1.165, 1.54) is 12.1 Å². The molecule has 0 aliphatic rings. The Kier molecular flexibility index (Phi) is 6.79. The van der Waals surface area contributed by atoms with E-state index in [1.54, 1.807) is 12.1 Å². The molecule has 0 spiro atoms. The Morgan fingerprint density at radius 1 is 1.22 bits per heavy atom. The van der Waals surface area contributed by atoms with E-state index in [9.17, 15) is 9.18 Å². The number of likely N-dealkylation sites (N-methyl/N-ethyl adjacent to an activating group) is 1. The first kappa shape index (κ1) is 17.7. The van der Waals surface area contributed by atoms with Crippen molar-refractivity contribution in [1.29, 1.82) is 0 Å². The van der Waals surface area contributed by atoms with Crippen LogP contribution >= 0.6 is 22.6 Å². The van der Waals surface area contributed by atoms with Gasteiger partial charge in [-0.3, -0.25) is 9.69 Å². The highest BCUT2D eigenvalue weighted by Crippen LogP contribution is 2.16. The van der Waals surface area contributed by atoms with Gasteiger partial charge in [-0.1, -0.05) is 12.1 Å². The molecule has 0 aliphatic heterocycles. The Balaban J connectivity index is 1.71. The lowest BCUT2D eigenvalue weighted by molar-refractivity contribution is -0.117. The van der Waals surface area contributed by atoms with E-state index >= 15 is 0 Å². The Bertz CT molecular complexity index is 649. The summed E-state index contributed by atoms with van der Waals surface area (Å²) < 4.78 is 19.3. The second-order valence-corrected chi connectivity index (χ2v) is 6.23. The lowest BCUT2D eigenvalue weighted by Gasteiger charge is -2.17. The number of ether oxygens (including phenoxy) is 1. The van der Waals surface area contributed by atoms with Crippen molar-refractivity contribution in [3.05, 3.63) is 57.9 Å². The van der Waals surface area contributed by atoms with Gasteiger partial charge in [0.15, 0.2) is 0 Å². The van der Waals surface area contributed by atoms with Crippen molar-refractivity contribution < 1.29 is 13.9 Å². The molecule has 2 rings (SSSR count). The van der Waals surface area contributed by atoms with Crippen molar-refractivity contribution in [1.82, 2.24) is 4.90 Å². The van der Waals surface area contributed by atoms with E-state index in [0.717, 1.165) is 9.26 Å². The summed E-state index contributed by atoms with van der Waals surface area (Å²) in [5.74, 6) is 0.253. The summed E-state index contributed by atoms with van der Waals surface area (Å²) in [7, 11) is 1.85. The smallest absolute Gasteiger partial charge is 0.238 e. The Morgan fingerprint density at radius 3 is 2.61 bits per heavy atom. The van der Waals surface area contributed by atoms with Crippen LogP contribution in [0.2, 0.25) is 0 Å². The van der Waals surface area contributed by atoms with Gasteiger partial charge in [0, 0.05) is 10.1 Å². The maximum Gasteiger partial charge on any atom is 0.238 e. The molecule has 0 radical (unpaired) electrons. The third kappa shape index (κ3) is 6.15. The number of carbonyl (C=O) groups is 1. The van der Waals surface area contributed by atoms with Crippen molar-refractivity contribution in [2.24, 2.45) is 0 Å². The maximum absolute atomic E-state index is 12.8. The molecule has 0 aromatic heterocycles. The normalized spacial score (nSPS) is 10.6. The summed E-state index contributed by atoms with van der Waals surface area (Å²) in [6.45, 7) is 1.30. The zero-order valence-corrected chi connectivity index (χ0v) is 14.9. The highest BCUT2D eigenvalue weighted by Gasteiger charge is 2.08. The molecule has 6 heteroatoms. The van der Waals surface area contributed by atoms with Gasteiger partial charge in [0.1, 0.15) is 18.2 Å². The fraction of sp³-hybridized carbons (Fsp3) is 0.235. The lowest BCUT2D eigenvalue weighted by Crippen LogP contribution is -2.33. The monoisotopic (exact) mass is 428 g/mol. The Morgan fingerprint density at radius 2 is 1.91 bits per heavy atom. The van der Waals surface area contributed by atoms with Crippen LogP contribution in [0.1, 0.15) is 0 Å². The third-order valence-electron chi connectivity index (χ3n) is 3.12. The summed E-state index contributed by atoms with van der Waals surface area (Å²) in [6.07, 6.45) is 0. The molecule has 122 valence electrons. The van der Waals surface area contributed by atoms with Gasteiger partial charge >= 0.3 is 0 Å². The Hall–Kier alpha value is -1.67. The van der Waals surface area contributed by atoms with Gasteiger partial charge in [-0.25, -0.2) is 4.39 Å². The highest BCUT2D eigenvalue weighted by molar-refractivity contribution is 14.1. The first-order valence-electron chi connectivity index (χ1n) is 7.16. The van der Waals surface area contributed by atoms with Crippen molar-refractivity contribution >= 4 is 34.2 Å². The minimum atomic E-state index is -0.290. The summed E-state index contributed by atoms with van der Waals surface area (Å²) in [5.41, 5.74) is 0.814. The zero-order valence-electron chi connectivity index (χ0n) is 12.8. The fourth-order valence-corrected chi connectivity index (χ4v) is 2.45. The van der Waals surface area contributed by atoms with Crippen LogP contribution in [0.25, 0.3) is 0 Å². The van der Waals surface area contributed by atoms with Gasteiger partial charge in [0.25, 0.3) is 0 Å². The predicted molar refractivity (Wildman–Crippen MR) is 97.2 cm³/mol. The topological polar surface area (TPSA) is 41.6 Å². The SMILES string of the molecule is CN(CCOc1ccc(F)cc1)CC(=O)Nc1ccccc1I. The summed E-state index contributed by atoms with van der Waals surface area (Å²) in [5, 5.41) is 2.88. The molecule has 0 atom stereocenters. The minimum absolute atomic E-state index is 0.0709. The largest absolute Gasteiger partial charge is 0.492 e. The van der Waals surface area contributed by atoms with Crippen LogP contribution in [-0.4, -0.2) is 37.6 Å². The minimum Gasteiger partial charge on any atom is -0.492 e. The number of hydrogen-bond acceptors (Lipinski definition) is 3. The van der Waals surface area contributed by atoms with Crippen molar-refractivity contribution in [3.63, 3.8) is 0 Å². The van der Waals surface area contributed by atoms with Gasteiger partial charge < -0.3 is 10.1 Å². The number of anilines is 1. The van der Waals surface area contributed by atoms with E-state index in [0.29, 0.717) is 18.9 Å². The number of nitrogens with zero attached hydrogens (tertiary/aromatic N) is 1. The molecular weight excluding hydrogens is 410 g/mol. The quantitative estimate of drug-likeness (QED) is 0.688. The van der Waals surface area contributed by atoms with Gasteiger partial charge in [0.05, 0.1) is 12.2 Å². The number of halogens is 2. The average molecular weight is 428 g/mol. The van der Waals surface area contributed by atoms with Crippen LogP contribution in [0.15, 0.2) is 48.5 Å². The Labute approximate surface area is 148 Å². The molecule has 0 aliphatic carbocycles. The molecule has 1 N–H and O–H groups in total. The number of para-hydroxylation sites is 1. The highest BCUT2D eigenvalue weighted by atomic mass is 127. The number of amides is 1. The van der Waals surface area contributed by atoms with E-state index in [1.807, 2.05) is 36.2 Å². The fourth-order valence-electron chi connectivity index (χ4n) is 1.93. The lowest BCUT2D eigenvalue weighted by atomic mass is 10.3. The van der Waals surface area contributed by atoms with Crippen LogP contribution in [0.4, 0.5) is 10.1 Å². The molecule has 0 fully saturated rings. The first-order valence-corrected chi connectivity index (χ1v) is 8.24. The van der Waals surface area contributed by atoms with E-state index in [2.05, 4.69) is 27.9 Å². The molecule has 1 amide bonds. The summed E-state index contributed by atoms with van der Waals surface area (Å²) in [4.78, 5) is 13.9. The van der Waals surface area contributed by atoms with Gasteiger partial charge in [0.2, 0.25) is 5.91 Å². The molecular formula is C17H18FIN2O2. The summed E-state index contributed by atoms with van der Waals surface area (Å²) >= 11 is 2.18. The van der Waals surface area contributed by atoms with Crippen LogP contribution < -0.4 is 10.1 Å². The van der Waals surface area contributed by atoms with Crippen LogP contribution in [0, 0.1) is 9.39 Å². The molecule has 0 heterocycles. The van der Waals surface area contributed by atoms with Gasteiger partial charge in [-0.2, -0.15) is 0 Å². The number of rotatable bonds is 7. The predicted octanol–water partition coefficient (Wildman–Crippen LogP) is 3.38. The van der Waals surface area contributed by atoms with Crippen LogP contribution in [-0.2, 0) is 4.79 Å². The standard InChI is InChI=1S/C17H18FIN2O2/c1-21(10-11-23-14-8-6-13(18)7-9-14)12-17(22)20-16-5-3-2-4-15(16)19/h2-9H,10-12H2,1H3,(H,20,22). The third-order valence-corrected chi connectivity index (χ3v) is 4.06. The van der Waals surface area contributed by atoms with Crippen molar-refractivity contribution in [2.75, 3.05) is 32.1 Å². The molecule has 4 nitrogen and oxygen atoms in total. The van der Waals surface area contributed by atoms with Gasteiger partial charge in [-0.05, 0) is 66.0 Å². The number of carbonyl (C=O) groups excluding carboxylic acids is 1. The number of benzene rings is 2. The zero-order chi connectivity index (χ0) is 16.7. The second kappa shape index (κ2) is 8.83. The molecule has 0 unspecified atom stereocenters. The van der Waals surface area contributed by atoms with E-state index < -0.39 is 0 Å². The van der Waals surface area contributed by atoms with Crippen LogP contribution in [0.5, 0.6) is 5.75 Å².